The number of ether oxygens (including phenoxy) is 1. The summed E-state index contributed by atoms with van der Waals surface area (Å²) in [6.07, 6.45) is 7.44. The van der Waals surface area contributed by atoms with Gasteiger partial charge in [-0.05, 0) is 12.5 Å². The van der Waals surface area contributed by atoms with E-state index in [1.54, 1.807) is 24.1 Å². The van der Waals surface area contributed by atoms with Gasteiger partial charge in [0.05, 0.1) is 17.6 Å². The molecule has 4 nitrogen and oxygen atoms in total. The second-order valence-electron chi connectivity index (χ2n) is 5.31. The van der Waals surface area contributed by atoms with E-state index in [0.717, 1.165) is 23.7 Å². The highest BCUT2D eigenvalue weighted by Gasteiger charge is 2.18. The maximum atomic E-state index is 12.3. The van der Waals surface area contributed by atoms with Crippen molar-refractivity contribution in [1.82, 2.24) is 0 Å². The fraction of sp³-hybridized carbons (Fsp3) is 0.444. The van der Waals surface area contributed by atoms with Gasteiger partial charge in [-0.25, -0.2) is 4.79 Å². The van der Waals surface area contributed by atoms with Crippen LogP contribution in [0.25, 0.3) is 10.9 Å². The monoisotopic (exact) mass is 302 g/mol. The second-order valence-corrected chi connectivity index (χ2v) is 5.31. The van der Waals surface area contributed by atoms with Crippen LogP contribution in [-0.4, -0.2) is 19.7 Å². The molecule has 22 heavy (non-hydrogen) atoms. The fourth-order valence-corrected chi connectivity index (χ4v) is 2.49. The van der Waals surface area contributed by atoms with Crippen LogP contribution in [0.15, 0.2) is 36.5 Å². The molecule has 1 aromatic carbocycles. The average molecular weight is 302 g/mol. The summed E-state index contributed by atoms with van der Waals surface area (Å²) in [5, 5.41) is 0.836. The molecule has 0 radical (unpaired) electrons. The van der Waals surface area contributed by atoms with Crippen LogP contribution < -0.4 is 9.57 Å². The van der Waals surface area contributed by atoms with Crippen LogP contribution in [0.5, 0.6) is 0 Å². The van der Waals surface area contributed by atoms with Crippen LogP contribution in [0.2, 0.25) is 0 Å². The van der Waals surface area contributed by atoms with Gasteiger partial charge in [0.2, 0.25) is 6.20 Å². The molecule has 0 aliphatic rings. The Morgan fingerprint density at radius 2 is 1.86 bits per heavy atom. The summed E-state index contributed by atoms with van der Waals surface area (Å²) in [6.45, 7) is 2.67. The van der Waals surface area contributed by atoms with E-state index in [1.165, 1.54) is 19.3 Å². The molecule has 0 aliphatic carbocycles. The molecule has 0 saturated carbocycles. The van der Waals surface area contributed by atoms with Gasteiger partial charge in [-0.2, -0.15) is 0 Å². The quantitative estimate of drug-likeness (QED) is 0.426. The zero-order valence-corrected chi connectivity index (χ0v) is 13.4. The van der Waals surface area contributed by atoms with Crippen LogP contribution in [0.1, 0.15) is 49.4 Å². The Labute approximate surface area is 131 Å². The zero-order chi connectivity index (χ0) is 15.8. The van der Waals surface area contributed by atoms with Crippen LogP contribution >= 0.6 is 0 Å². The molecule has 0 bridgehead atoms. The number of aromatic nitrogens is 1. The van der Waals surface area contributed by atoms with E-state index in [2.05, 4.69) is 6.92 Å². The first-order chi connectivity index (χ1) is 10.8. The minimum absolute atomic E-state index is 0.269. The molecule has 0 aliphatic heterocycles. The number of carbonyl (C=O) groups is 1. The van der Waals surface area contributed by atoms with Gasteiger partial charge >= 0.3 is 5.97 Å². The lowest BCUT2D eigenvalue weighted by atomic mass is 10.1. The van der Waals surface area contributed by atoms with Gasteiger partial charge in [-0.1, -0.05) is 44.7 Å². The fourth-order valence-electron chi connectivity index (χ4n) is 2.49. The number of hydrogen-bond acceptors (Lipinski definition) is 3. The zero-order valence-electron chi connectivity index (χ0n) is 13.4. The molecule has 1 aromatic heterocycles. The molecular weight excluding hydrogens is 278 g/mol. The number of unbranched alkanes of at least 4 members (excludes halogenated alkanes) is 4. The lowest BCUT2D eigenvalue weighted by Gasteiger charge is -2.06. The lowest BCUT2D eigenvalue weighted by Crippen LogP contribution is -2.41. The van der Waals surface area contributed by atoms with Gasteiger partial charge in [0.15, 0.2) is 0 Å². The summed E-state index contributed by atoms with van der Waals surface area (Å²) >= 11 is 0. The highest BCUT2D eigenvalue weighted by Crippen LogP contribution is 2.16. The Balaban J connectivity index is 2.03. The number of nitrogens with zero attached hydrogens (tertiary/aromatic N) is 1. The van der Waals surface area contributed by atoms with E-state index in [1.807, 2.05) is 24.3 Å². The van der Waals surface area contributed by atoms with E-state index in [4.69, 9.17) is 9.57 Å². The Morgan fingerprint density at radius 3 is 2.64 bits per heavy atom. The lowest BCUT2D eigenvalue weighted by molar-refractivity contribution is -0.865. The summed E-state index contributed by atoms with van der Waals surface area (Å²) in [7, 11) is 1.60. The number of para-hydroxylation sites is 1. The van der Waals surface area contributed by atoms with Gasteiger partial charge in [0.25, 0.3) is 5.52 Å². The van der Waals surface area contributed by atoms with E-state index in [9.17, 15) is 4.79 Å². The number of rotatable bonds is 8. The number of fused-ring (bicyclic) bond motifs is 1. The standard InChI is InChI=1S/C18H24NO3/c1-3-4-5-6-9-14-22-18(20)16-12-13-19(21-2)17-11-8-7-10-15(16)17/h7-8,10-13H,3-6,9,14H2,1-2H3/q+1. The number of benzene rings is 1. The van der Waals surface area contributed by atoms with Crippen LogP contribution in [0, 0.1) is 0 Å². The Bertz CT molecular complexity index is 625. The highest BCUT2D eigenvalue weighted by molar-refractivity contribution is 6.02. The van der Waals surface area contributed by atoms with Gasteiger partial charge in [-0.3, -0.25) is 4.84 Å². The summed E-state index contributed by atoms with van der Waals surface area (Å²) in [4.78, 5) is 17.5. The molecule has 4 heteroatoms. The van der Waals surface area contributed by atoms with Gasteiger partial charge < -0.3 is 4.74 Å². The molecule has 0 atom stereocenters. The van der Waals surface area contributed by atoms with Crippen molar-refractivity contribution >= 4 is 16.9 Å². The van der Waals surface area contributed by atoms with E-state index >= 15 is 0 Å². The largest absolute Gasteiger partial charge is 0.462 e. The van der Waals surface area contributed by atoms with E-state index in [-0.39, 0.29) is 5.97 Å². The smallest absolute Gasteiger partial charge is 0.339 e. The van der Waals surface area contributed by atoms with Crippen LogP contribution in [-0.2, 0) is 4.74 Å². The third kappa shape index (κ3) is 3.97. The van der Waals surface area contributed by atoms with Crippen molar-refractivity contribution in [2.24, 2.45) is 0 Å². The predicted octanol–water partition coefficient (Wildman–Crippen LogP) is 3.31. The van der Waals surface area contributed by atoms with Gasteiger partial charge in [0.1, 0.15) is 7.11 Å². The number of pyridine rings is 1. The van der Waals surface area contributed by atoms with Gasteiger partial charge in [0, 0.05) is 16.9 Å². The molecule has 118 valence electrons. The maximum absolute atomic E-state index is 12.3. The topological polar surface area (TPSA) is 39.4 Å². The van der Waals surface area contributed by atoms with Crippen molar-refractivity contribution in [3.63, 3.8) is 0 Å². The summed E-state index contributed by atoms with van der Waals surface area (Å²) < 4.78 is 7.04. The minimum Gasteiger partial charge on any atom is -0.462 e. The average Bonchev–Trinajstić information content (AvgIpc) is 2.56. The van der Waals surface area contributed by atoms with Crippen molar-refractivity contribution in [2.45, 2.75) is 39.0 Å². The summed E-state index contributed by atoms with van der Waals surface area (Å²) in [5.41, 5.74) is 1.43. The predicted molar refractivity (Wildman–Crippen MR) is 85.7 cm³/mol. The summed E-state index contributed by atoms with van der Waals surface area (Å²) in [6, 6.07) is 9.39. The Hall–Kier alpha value is -2.10. The summed E-state index contributed by atoms with van der Waals surface area (Å²) in [5.74, 6) is -0.269. The Kier molecular flexibility index (Phi) is 6.19. The normalized spacial score (nSPS) is 10.6. The van der Waals surface area contributed by atoms with E-state index in [0.29, 0.717) is 12.2 Å². The SMILES string of the molecule is CCCCCCCOC(=O)c1cc[n+](OC)c2ccccc12. The second kappa shape index (κ2) is 8.37. The molecule has 0 unspecified atom stereocenters. The molecule has 2 rings (SSSR count). The Morgan fingerprint density at radius 1 is 1.09 bits per heavy atom. The third-order valence-electron chi connectivity index (χ3n) is 3.71. The van der Waals surface area contributed by atoms with Crippen LogP contribution in [0.3, 0.4) is 0 Å². The van der Waals surface area contributed by atoms with Crippen molar-refractivity contribution in [2.75, 3.05) is 13.7 Å². The van der Waals surface area contributed by atoms with E-state index < -0.39 is 0 Å². The van der Waals surface area contributed by atoms with Gasteiger partial charge in [-0.15, -0.1) is 0 Å². The molecule has 0 N–H and O–H groups in total. The molecule has 2 aromatic rings. The first-order valence-electron chi connectivity index (χ1n) is 7.93. The molecular formula is C18H24NO3+. The van der Waals surface area contributed by atoms with Crippen molar-refractivity contribution in [3.8, 4) is 0 Å². The maximum Gasteiger partial charge on any atom is 0.339 e. The molecule has 0 amide bonds. The molecule has 0 fully saturated rings. The minimum atomic E-state index is -0.269. The van der Waals surface area contributed by atoms with Crippen molar-refractivity contribution < 1.29 is 19.1 Å². The number of carbonyl (C=O) groups excluding carboxylic acids is 1. The molecule has 0 spiro atoms. The molecule has 1 heterocycles. The van der Waals surface area contributed by atoms with Crippen molar-refractivity contribution in [1.29, 1.82) is 0 Å². The van der Waals surface area contributed by atoms with Crippen molar-refractivity contribution in [3.05, 3.63) is 42.1 Å². The first-order valence-corrected chi connectivity index (χ1v) is 7.93. The number of hydrogen-bond donors (Lipinski definition) is 0. The first kappa shape index (κ1) is 16.3. The highest BCUT2D eigenvalue weighted by atomic mass is 16.6. The molecule has 0 saturated heterocycles. The van der Waals surface area contributed by atoms with Crippen LogP contribution in [0.4, 0.5) is 0 Å². The third-order valence-corrected chi connectivity index (χ3v) is 3.71. The number of esters is 1.